The van der Waals surface area contributed by atoms with Crippen LogP contribution in [0, 0.1) is 51.8 Å². The Hall–Kier alpha value is 0.660. The fourth-order valence-corrected chi connectivity index (χ4v) is 13.7. The smallest absolute Gasteiger partial charge is 0.0638 e. The third kappa shape index (κ3) is 2.53. The molecule has 0 bridgehead atoms. The lowest BCUT2D eigenvalue weighted by Gasteiger charge is -2.61. The van der Waals surface area contributed by atoms with Crippen molar-refractivity contribution in [2.75, 3.05) is 18.6 Å². The molecule has 6 aliphatic rings. The van der Waals surface area contributed by atoms with Crippen molar-refractivity contribution in [2.24, 2.45) is 51.8 Å². The zero-order valence-electron chi connectivity index (χ0n) is 19.1. The van der Waals surface area contributed by atoms with E-state index >= 15 is 0 Å². The fraction of sp³-hybridized carbons (Fsp3) is 1.00. The van der Waals surface area contributed by atoms with Crippen LogP contribution in [-0.4, -0.2) is 29.3 Å². The molecule has 0 aromatic carbocycles. The molecule has 0 N–H and O–H groups in total. The second kappa shape index (κ2) is 6.83. The summed E-state index contributed by atoms with van der Waals surface area (Å²) in [4.78, 5) is 0. The first-order valence-electron chi connectivity index (χ1n) is 12.7. The molecule has 2 unspecified atom stereocenters. The van der Waals surface area contributed by atoms with Crippen LogP contribution in [0.1, 0.15) is 78.6 Å². The number of thioether (sulfide) groups is 2. The monoisotopic (exact) mass is 434 g/mol. The van der Waals surface area contributed by atoms with E-state index in [1.807, 2.05) is 7.11 Å². The van der Waals surface area contributed by atoms with Crippen LogP contribution in [0.5, 0.6) is 0 Å². The molecule has 6 fully saturated rings. The van der Waals surface area contributed by atoms with Gasteiger partial charge in [-0.1, -0.05) is 20.8 Å². The molecule has 3 heteroatoms. The third-order valence-corrected chi connectivity index (χ3v) is 15.2. The van der Waals surface area contributed by atoms with Gasteiger partial charge in [-0.25, -0.2) is 0 Å². The molecule has 164 valence electrons. The van der Waals surface area contributed by atoms with E-state index in [1.54, 1.807) is 0 Å². The first-order valence-corrected chi connectivity index (χ1v) is 14.8. The lowest BCUT2D eigenvalue weighted by atomic mass is 9.45. The average Bonchev–Trinajstić information content (AvgIpc) is 3.25. The molecule has 1 spiro atoms. The van der Waals surface area contributed by atoms with Crippen LogP contribution in [0.4, 0.5) is 0 Å². The minimum absolute atomic E-state index is 0.560. The quantitative estimate of drug-likeness (QED) is 0.469. The maximum Gasteiger partial charge on any atom is 0.0638 e. The van der Waals surface area contributed by atoms with Gasteiger partial charge >= 0.3 is 0 Å². The summed E-state index contributed by atoms with van der Waals surface area (Å²) in [6.45, 7) is 8.08. The van der Waals surface area contributed by atoms with Gasteiger partial charge < -0.3 is 4.74 Å². The van der Waals surface area contributed by atoms with E-state index in [9.17, 15) is 0 Å². The first kappa shape index (κ1) is 20.3. The average molecular weight is 435 g/mol. The molecule has 0 amide bonds. The van der Waals surface area contributed by atoms with Gasteiger partial charge in [0.25, 0.3) is 0 Å². The van der Waals surface area contributed by atoms with E-state index < -0.39 is 0 Å². The minimum Gasteiger partial charge on any atom is -0.381 e. The predicted molar refractivity (Wildman–Crippen MR) is 126 cm³/mol. The Balaban J connectivity index is 1.28. The molecule has 1 aliphatic heterocycles. The van der Waals surface area contributed by atoms with Crippen molar-refractivity contribution in [1.29, 1.82) is 0 Å². The van der Waals surface area contributed by atoms with Crippen molar-refractivity contribution >= 4 is 23.5 Å². The van der Waals surface area contributed by atoms with Gasteiger partial charge in [0.05, 0.1) is 10.7 Å². The van der Waals surface area contributed by atoms with Crippen LogP contribution in [-0.2, 0) is 4.74 Å². The molecule has 0 radical (unpaired) electrons. The molecule has 29 heavy (non-hydrogen) atoms. The molecule has 1 saturated heterocycles. The fourth-order valence-electron chi connectivity index (χ4n) is 10.5. The summed E-state index contributed by atoms with van der Waals surface area (Å²) in [5, 5.41) is 0. The number of fused-ring (bicyclic) bond motifs is 4. The second-order valence-corrected chi connectivity index (χ2v) is 15.1. The lowest BCUT2D eigenvalue weighted by molar-refractivity contribution is -0.160. The van der Waals surface area contributed by atoms with Gasteiger partial charge in [-0.3, -0.25) is 0 Å². The van der Waals surface area contributed by atoms with Crippen molar-refractivity contribution in [1.82, 2.24) is 0 Å². The molecule has 10 atom stereocenters. The largest absolute Gasteiger partial charge is 0.381 e. The van der Waals surface area contributed by atoms with Crippen molar-refractivity contribution < 1.29 is 4.74 Å². The zero-order chi connectivity index (χ0) is 20.0. The molecule has 6 rings (SSSR count). The highest BCUT2D eigenvalue weighted by atomic mass is 32.2. The summed E-state index contributed by atoms with van der Waals surface area (Å²) in [6.07, 6.45) is 13.9. The van der Waals surface area contributed by atoms with Crippen LogP contribution in [0.25, 0.3) is 0 Å². The van der Waals surface area contributed by atoms with Crippen LogP contribution in [0.2, 0.25) is 0 Å². The molecule has 5 saturated carbocycles. The molecule has 5 aliphatic carbocycles. The predicted octanol–water partition coefficient (Wildman–Crippen LogP) is 7.10. The van der Waals surface area contributed by atoms with Crippen molar-refractivity contribution in [3.63, 3.8) is 0 Å². The summed E-state index contributed by atoms with van der Waals surface area (Å²) < 4.78 is 7.17. The summed E-state index contributed by atoms with van der Waals surface area (Å²) in [6, 6.07) is 0. The van der Waals surface area contributed by atoms with Crippen molar-refractivity contribution in [3.05, 3.63) is 0 Å². The SMILES string of the molecule is CO[C@@H]1C[C@H]2[C@@H]3CC[C@H]([C@@H](C)C4SCCCS4)[C@@]3(C)CC[C@@H]2[C@@]2(C)CCC3CC312. The highest BCUT2D eigenvalue weighted by molar-refractivity contribution is 8.17. The van der Waals surface area contributed by atoms with E-state index in [0.717, 1.165) is 40.1 Å². The molecule has 0 aromatic rings. The van der Waals surface area contributed by atoms with E-state index in [-0.39, 0.29) is 0 Å². The Kier molecular flexibility index (Phi) is 4.78. The topological polar surface area (TPSA) is 9.23 Å². The van der Waals surface area contributed by atoms with Gasteiger partial charge in [-0.2, -0.15) is 0 Å². The molecular weight excluding hydrogens is 392 g/mol. The summed E-state index contributed by atoms with van der Waals surface area (Å²) >= 11 is 4.57. The third-order valence-electron chi connectivity index (χ3n) is 11.8. The highest BCUT2D eigenvalue weighted by Crippen LogP contribution is 2.82. The minimum atomic E-state index is 0.560. The van der Waals surface area contributed by atoms with Gasteiger partial charge in [0.2, 0.25) is 0 Å². The van der Waals surface area contributed by atoms with Crippen LogP contribution in [0.3, 0.4) is 0 Å². The molecular formula is C26H42OS2. The van der Waals surface area contributed by atoms with Crippen LogP contribution < -0.4 is 0 Å². The van der Waals surface area contributed by atoms with E-state index in [4.69, 9.17) is 4.74 Å². The standard InChI is InChI=1S/C26H42OS2/c1-16(23-28-12-5-13-29-23)19-6-7-20-18-14-22(27-4)26-15-17(26)8-11-25(26,3)21(18)9-10-24(19,20)2/h16-23H,5-15H2,1-4H3/t16-,17?,18+,19-,20+,21+,22-,24-,25-,26?/m1/s1. The van der Waals surface area contributed by atoms with Gasteiger partial charge in [0.1, 0.15) is 0 Å². The summed E-state index contributed by atoms with van der Waals surface area (Å²) in [7, 11) is 2.03. The molecule has 1 heterocycles. The van der Waals surface area contributed by atoms with Crippen molar-refractivity contribution in [2.45, 2.75) is 89.2 Å². The Bertz CT molecular complexity index is 661. The number of hydrogen-bond donors (Lipinski definition) is 0. The van der Waals surface area contributed by atoms with E-state index in [2.05, 4.69) is 44.3 Å². The number of ether oxygens (including phenoxy) is 1. The first-order chi connectivity index (χ1) is 14.0. The second-order valence-electron chi connectivity index (χ2n) is 12.3. The Morgan fingerprint density at radius 1 is 0.966 bits per heavy atom. The van der Waals surface area contributed by atoms with Crippen LogP contribution >= 0.6 is 23.5 Å². The van der Waals surface area contributed by atoms with Crippen molar-refractivity contribution in [3.8, 4) is 0 Å². The Morgan fingerprint density at radius 2 is 1.76 bits per heavy atom. The highest BCUT2D eigenvalue weighted by Gasteiger charge is 2.77. The summed E-state index contributed by atoms with van der Waals surface area (Å²) in [5.74, 6) is 8.55. The number of rotatable bonds is 3. The Labute approximate surface area is 187 Å². The van der Waals surface area contributed by atoms with E-state index in [1.165, 1.54) is 69.3 Å². The maximum atomic E-state index is 6.31. The van der Waals surface area contributed by atoms with Gasteiger partial charge in [0, 0.05) is 12.5 Å². The zero-order valence-corrected chi connectivity index (χ0v) is 20.8. The van der Waals surface area contributed by atoms with Gasteiger partial charge in [-0.15, -0.1) is 23.5 Å². The lowest BCUT2D eigenvalue weighted by Crippen LogP contribution is -2.57. The number of hydrogen-bond acceptors (Lipinski definition) is 3. The molecule has 0 aromatic heterocycles. The normalized spacial score (nSPS) is 57.5. The molecule has 1 nitrogen and oxygen atoms in total. The van der Waals surface area contributed by atoms with Gasteiger partial charge in [-0.05, 0) is 116 Å². The van der Waals surface area contributed by atoms with E-state index in [0.29, 0.717) is 22.3 Å². The number of methoxy groups -OCH3 is 1. The Morgan fingerprint density at radius 3 is 2.48 bits per heavy atom. The maximum absolute atomic E-state index is 6.31. The van der Waals surface area contributed by atoms with Gasteiger partial charge in [0.15, 0.2) is 0 Å². The van der Waals surface area contributed by atoms with Crippen LogP contribution in [0.15, 0.2) is 0 Å². The summed E-state index contributed by atoms with van der Waals surface area (Å²) in [5.41, 5.74) is 1.76.